The molecule has 0 spiro atoms. The minimum atomic E-state index is -0.552. The lowest BCUT2D eigenvalue weighted by molar-refractivity contribution is 0.341. The molecule has 1 aromatic rings. The number of hydrogen-bond donors (Lipinski definition) is 1. The van der Waals surface area contributed by atoms with Gasteiger partial charge in [-0.05, 0) is 29.8 Å². The number of methoxy groups -OCH3 is 3. The van der Waals surface area contributed by atoms with E-state index < -0.39 is 5.54 Å². The lowest BCUT2D eigenvalue weighted by Crippen LogP contribution is -2.30. The van der Waals surface area contributed by atoms with Crippen LogP contribution in [-0.2, 0) is 5.54 Å². The van der Waals surface area contributed by atoms with Crippen LogP contribution in [0.2, 0.25) is 0 Å². The van der Waals surface area contributed by atoms with Gasteiger partial charge >= 0.3 is 0 Å². The zero-order valence-corrected chi connectivity index (χ0v) is 12.3. The molecule has 17 heavy (non-hydrogen) atoms. The Hall–Kier alpha value is -0.940. The molecule has 0 aromatic heterocycles. The molecule has 0 saturated carbocycles. The fourth-order valence-electron chi connectivity index (χ4n) is 1.69. The van der Waals surface area contributed by atoms with E-state index in [4.69, 9.17) is 19.9 Å². The van der Waals surface area contributed by atoms with Crippen LogP contribution in [0.3, 0.4) is 0 Å². The van der Waals surface area contributed by atoms with E-state index in [1.54, 1.807) is 27.4 Å². The van der Waals surface area contributed by atoms with Gasteiger partial charge in [-0.2, -0.15) is 0 Å². The summed E-state index contributed by atoms with van der Waals surface area (Å²) in [7, 11) is 4.77. The predicted molar refractivity (Wildman–Crippen MR) is 71.0 cm³/mol. The van der Waals surface area contributed by atoms with Crippen LogP contribution in [-0.4, -0.2) is 21.3 Å². The van der Waals surface area contributed by atoms with Crippen molar-refractivity contribution >= 4 is 15.9 Å². The molecule has 0 aliphatic carbocycles. The van der Waals surface area contributed by atoms with Crippen molar-refractivity contribution in [3.63, 3.8) is 0 Å². The highest BCUT2D eigenvalue weighted by molar-refractivity contribution is 9.10. The van der Waals surface area contributed by atoms with Crippen LogP contribution in [0.1, 0.15) is 19.4 Å². The van der Waals surface area contributed by atoms with Gasteiger partial charge in [0.1, 0.15) is 5.75 Å². The molecule has 0 aliphatic heterocycles. The second kappa shape index (κ2) is 5.14. The summed E-state index contributed by atoms with van der Waals surface area (Å²) in [5.74, 6) is 1.88. The lowest BCUT2D eigenvalue weighted by atomic mass is 9.94. The van der Waals surface area contributed by atoms with Crippen molar-refractivity contribution in [3.8, 4) is 17.2 Å². The van der Waals surface area contributed by atoms with Crippen molar-refractivity contribution in [1.82, 2.24) is 0 Å². The zero-order chi connectivity index (χ0) is 13.2. The van der Waals surface area contributed by atoms with Crippen molar-refractivity contribution in [2.45, 2.75) is 19.4 Å². The van der Waals surface area contributed by atoms with E-state index in [0.29, 0.717) is 17.2 Å². The maximum absolute atomic E-state index is 6.14. The summed E-state index contributed by atoms with van der Waals surface area (Å²) in [6.45, 7) is 3.81. The van der Waals surface area contributed by atoms with E-state index in [1.807, 2.05) is 13.8 Å². The van der Waals surface area contributed by atoms with E-state index in [1.165, 1.54) is 0 Å². The molecule has 0 unspecified atom stereocenters. The van der Waals surface area contributed by atoms with Gasteiger partial charge in [-0.1, -0.05) is 0 Å². The molecule has 96 valence electrons. The zero-order valence-electron chi connectivity index (χ0n) is 10.8. The van der Waals surface area contributed by atoms with Crippen LogP contribution in [0.15, 0.2) is 10.5 Å². The third kappa shape index (κ3) is 2.66. The summed E-state index contributed by atoms with van der Waals surface area (Å²) in [4.78, 5) is 0. The standard InChI is InChI=1S/C12H18BrNO3/c1-12(2,14)9-7(15-3)6-8(16-4)11(17-5)10(9)13/h6H,14H2,1-5H3. The van der Waals surface area contributed by atoms with Gasteiger partial charge in [0.15, 0.2) is 11.5 Å². The summed E-state index contributed by atoms with van der Waals surface area (Å²) >= 11 is 3.50. The van der Waals surface area contributed by atoms with Crippen LogP contribution in [0.4, 0.5) is 0 Å². The van der Waals surface area contributed by atoms with E-state index in [-0.39, 0.29) is 0 Å². The molecule has 0 amide bonds. The molecule has 0 atom stereocenters. The number of halogens is 1. The van der Waals surface area contributed by atoms with Crippen molar-refractivity contribution in [2.75, 3.05) is 21.3 Å². The predicted octanol–water partition coefficient (Wildman–Crippen LogP) is 2.67. The van der Waals surface area contributed by atoms with Gasteiger partial charge in [-0.15, -0.1) is 0 Å². The van der Waals surface area contributed by atoms with Gasteiger partial charge in [0.05, 0.1) is 25.8 Å². The average Bonchev–Trinajstić information content (AvgIpc) is 2.25. The number of benzene rings is 1. The first-order valence-electron chi connectivity index (χ1n) is 5.14. The van der Waals surface area contributed by atoms with Crippen LogP contribution < -0.4 is 19.9 Å². The largest absolute Gasteiger partial charge is 0.496 e. The highest BCUT2D eigenvalue weighted by Crippen LogP contribution is 2.46. The van der Waals surface area contributed by atoms with E-state index >= 15 is 0 Å². The smallest absolute Gasteiger partial charge is 0.175 e. The Kier molecular flexibility index (Phi) is 4.27. The third-order valence-corrected chi connectivity index (χ3v) is 3.20. The maximum atomic E-state index is 6.14. The second-order valence-corrected chi connectivity index (χ2v) is 5.02. The summed E-state index contributed by atoms with van der Waals surface area (Å²) < 4.78 is 16.7. The SMILES string of the molecule is COc1cc(OC)c(C(C)(C)N)c(Br)c1OC. The minimum absolute atomic E-state index is 0.552. The molecule has 1 rings (SSSR count). The molecule has 2 N–H and O–H groups in total. The molecular formula is C12H18BrNO3. The van der Waals surface area contributed by atoms with E-state index in [9.17, 15) is 0 Å². The summed E-state index contributed by atoms with van der Waals surface area (Å²) in [5, 5.41) is 0. The molecular weight excluding hydrogens is 286 g/mol. The van der Waals surface area contributed by atoms with Crippen molar-refractivity contribution in [2.24, 2.45) is 5.73 Å². The Morgan fingerprint density at radius 3 is 1.94 bits per heavy atom. The molecule has 0 saturated heterocycles. The topological polar surface area (TPSA) is 53.7 Å². The number of rotatable bonds is 4. The Balaban J connectivity index is 3.59. The van der Waals surface area contributed by atoms with Crippen molar-refractivity contribution in [1.29, 1.82) is 0 Å². The van der Waals surface area contributed by atoms with Gasteiger partial charge in [-0.25, -0.2) is 0 Å². The number of ether oxygens (including phenoxy) is 3. The Morgan fingerprint density at radius 1 is 1.06 bits per heavy atom. The molecule has 0 aliphatic rings. The molecule has 5 heteroatoms. The van der Waals surface area contributed by atoms with Crippen LogP contribution in [0.25, 0.3) is 0 Å². The highest BCUT2D eigenvalue weighted by atomic mass is 79.9. The van der Waals surface area contributed by atoms with Crippen LogP contribution >= 0.6 is 15.9 Å². The quantitative estimate of drug-likeness (QED) is 0.929. The molecule has 4 nitrogen and oxygen atoms in total. The fraction of sp³-hybridized carbons (Fsp3) is 0.500. The fourth-order valence-corrected chi connectivity index (χ4v) is 2.75. The van der Waals surface area contributed by atoms with E-state index in [0.717, 1.165) is 10.0 Å². The van der Waals surface area contributed by atoms with Crippen molar-refractivity contribution < 1.29 is 14.2 Å². The van der Waals surface area contributed by atoms with Crippen molar-refractivity contribution in [3.05, 3.63) is 16.1 Å². The monoisotopic (exact) mass is 303 g/mol. The number of hydrogen-bond acceptors (Lipinski definition) is 4. The van der Waals surface area contributed by atoms with Crippen LogP contribution in [0.5, 0.6) is 17.2 Å². The van der Waals surface area contributed by atoms with Gasteiger partial charge in [-0.3, -0.25) is 0 Å². The normalized spacial score (nSPS) is 11.2. The average molecular weight is 304 g/mol. The Morgan fingerprint density at radius 2 is 1.59 bits per heavy atom. The first-order valence-corrected chi connectivity index (χ1v) is 5.94. The molecule has 0 fully saturated rings. The van der Waals surface area contributed by atoms with Gasteiger partial charge < -0.3 is 19.9 Å². The lowest BCUT2D eigenvalue weighted by Gasteiger charge is -2.25. The second-order valence-electron chi connectivity index (χ2n) is 4.23. The molecule has 0 heterocycles. The van der Waals surface area contributed by atoms with Gasteiger partial charge in [0, 0.05) is 17.2 Å². The summed E-state index contributed by atoms with van der Waals surface area (Å²) in [5.41, 5.74) is 6.44. The first-order chi connectivity index (χ1) is 7.86. The Labute approximate surface area is 110 Å². The van der Waals surface area contributed by atoms with E-state index in [2.05, 4.69) is 15.9 Å². The first kappa shape index (κ1) is 14.1. The van der Waals surface area contributed by atoms with Gasteiger partial charge in [0.2, 0.25) is 0 Å². The minimum Gasteiger partial charge on any atom is -0.496 e. The maximum Gasteiger partial charge on any atom is 0.175 e. The highest BCUT2D eigenvalue weighted by Gasteiger charge is 2.27. The summed E-state index contributed by atoms with van der Waals surface area (Å²) in [6.07, 6.45) is 0. The molecule has 1 aromatic carbocycles. The molecule has 0 radical (unpaired) electrons. The van der Waals surface area contributed by atoms with Gasteiger partial charge in [0.25, 0.3) is 0 Å². The third-order valence-electron chi connectivity index (χ3n) is 2.44. The van der Waals surface area contributed by atoms with Crippen LogP contribution in [0, 0.1) is 0 Å². The molecule has 0 bridgehead atoms. The summed E-state index contributed by atoms with van der Waals surface area (Å²) in [6, 6.07) is 1.77. The Bertz CT molecular complexity index is 413. The number of nitrogens with two attached hydrogens (primary N) is 1.